The van der Waals surface area contributed by atoms with Crippen molar-refractivity contribution >= 4 is 60.8 Å². The monoisotopic (exact) mass is 656 g/mol. The van der Waals surface area contributed by atoms with Gasteiger partial charge in [-0.3, -0.25) is 0 Å². The minimum atomic E-state index is 0. The third-order valence-electron chi connectivity index (χ3n) is 0. The van der Waals surface area contributed by atoms with Crippen molar-refractivity contribution in [2.45, 2.75) is 0 Å². The van der Waals surface area contributed by atoms with E-state index >= 15 is 0 Å². The summed E-state index contributed by atoms with van der Waals surface area (Å²) >= 11 is 0. The molecule has 2 radical (unpaired) electrons. The summed E-state index contributed by atoms with van der Waals surface area (Å²) in [6.07, 6.45) is 0. The van der Waals surface area contributed by atoms with Gasteiger partial charge >= 0.3 is 79.7 Å². The van der Waals surface area contributed by atoms with E-state index in [1.54, 1.807) is 0 Å². The Morgan fingerprint density at radius 3 is 1.12 bits per heavy atom. The van der Waals surface area contributed by atoms with E-state index in [9.17, 15) is 0 Å². The Kier molecular flexibility index (Phi) is 435. The van der Waals surface area contributed by atoms with Gasteiger partial charge in [-0.15, -0.1) is 0 Å². The number of rotatable bonds is 0. The largest absolute Gasteiger partial charge is 2.00 e. The minimum Gasteiger partial charge on any atom is -1.00 e. The molecule has 0 aliphatic rings. The second-order valence-corrected chi connectivity index (χ2v) is 0. The Balaban J connectivity index is 0. The maximum absolute atomic E-state index is 0. The molecule has 0 aliphatic carbocycles. The zero-order chi connectivity index (χ0) is 0. The third-order valence-corrected chi connectivity index (χ3v) is 0. The Morgan fingerprint density at radius 1 is 1.12 bits per heavy atom. The van der Waals surface area contributed by atoms with E-state index in [0.717, 1.165) is 0 Å². The number of hydrogen-bond donors (Lipinski definition) is 0. The summed E-state index contributed by atoms with van der Waals surface area (Å²) in [5, 5.41) is 0. The smallest absolute Gasteiger partial charge is 1.00 e. The summed E-state index contributed by atoms with van der Waals surface area (Å²) in [4.78, 5) is 0. The van der Waals surface area contributed by atoms with Crippen LogP contribution >= 0.6 is 0 Å². The Labute approximate surface area is 184 Å². The molecule has 0 aromatic rings. The fourth-order valence-electron chi connectivity index (χ4n) is 0. The average molecular weight is 658 g/mol. The van der Waals surface area contributed by atoms with Gasteiger partial charge in [0.25, 0.3) is 0 Å². The first-order valence-electron chi connectivity index (χ1n) is 0. The molecule has 0 saturated heterocycles. The molecule has 0 N–H and O–H groups in total. The van der Waals surface area contributed by atoms with Crippen LogP contribution in [-0.4, -0.2) is 60.8 Å². The Hall–Kier alpha value is 5.91. The van der Waals surface area contributed by atoms with Crippen LogP contribution in [0.4, 0.5) is 0 Å². The second kappa shape index (κ2) is 52.4. The zero-order valence-corrected chi connectivity index (χ0v) is 20.7. The molecule has 0 atom stereocenters. The van der Waals surface area contributed by atoms with Crippen molar-refractivity contribution in [2.24, 2.45) is 0 Å². The topological polar surface area (TPSA) is 0 Å². The van der Waals surface area contributed by atoms with Crippen LogP contribution < -0.4 is 18.9 Å². The molecule has 0 bridgehead atoms. The first kappa shape index (κ1) is 66.4. The molecule has 0 amide bonds. The van der Waals surface area contributed by atoms with Crippen LogP contribution in [0.1, 0.15) is 7.13 Å². The molecule has 0 spiro atoms. The Morgan fingerprint density at radius 2 is 1.12 bits per heavy atom. The molecule has 0 aromatic heterocycles. The van der Waals surface area contributed by atoms with Crippen LogP contribution in [0.2, 0.25) is 0 Å². The third kappa shape index (κ3) is 40.6. The molecular formula is H5CaLiMgNbNiTaWZn. The van der Waals surface area contributed by atoms with Gasteiger partial charge in [0, 0.05) is 102 Å². The van der Waals surface area contributed by atoms with Crippen molar-refractivity contribution < 1.29 is 128 Å². The fourth-order valence-corrected chi connectivity index (χ4v) is 0. The summed E-state index contributed by atoms with van der Waals surface area (Å²) in [7, 11) is 0. The second-order valence-electron chi connectivity index (χ2n) is 0. The van der Waals surface area contributed by atoms with E-state index in [2.05, 4.69) is 0 Å². The van der Waals surface area contributed by atoms with E-state index < -0.39 is 0 Å². The molecule has 0 rings (SSSR count). The van der Waals surface area contributed by atoms with Gasteiger partial charge in [-0.05, 0) is 0 Å². The van der Waals surface area contributed by atoms with Crippen molar-refractivity contribution in [1.29, 1.82) is 0 Å². The quantitative estimate of drug-likeness (QED) is 0.241. The van der Waals surface area contributed by atoms with Crippen LogP contribution in [0.3, 0.4) is 0 Å². The van der Waals surface area contributed by atoms with Gasteiger partial charge in [-0.25, -0.2) is 0 Å². The molecule has 0 fully saturated rings. The van der Waals surface area contributed by atoms with Gasteiger partial charge in [0.15, 0.2) is 0 Å². The van der Waals surface area contributed by atoms with E-state index in [4.69, 9.17) is 0 Å². The van der Waals surface area contributed by atoms with Gasteiger partial charge in [0.05, 0.1) is 0 Å². The summed E-state index contributed by atoms with van der Waals surface area (Å²) < 4.78 is 0. The minimum absolute atomic E-state index is 0. The van der Waals surface area contributed by atoms with Crippen LogP contribution in [-0.2, 0) is 102 Å². The van der Waals surface area contributed by atoms with Gasteiger partial charge in [0.2, 0.25) is 0 Å². The maximum atomic E-state index is 0. The molecule has 0 unspecified atom stereocenters. The van der Waals surface area contributed by atoms with Crippen LogP contribution in [0.5, 0.6) is 0 Å². The Bertz CT molecular complexity index is 36.5. The van der Waals surface area contributed by atoms with E-state index in [1.807, 2.05) is 0 Å². The predicted octanol–water partition coefficient (Wildman–Crippen LogP) is -3.21. The van der Waals surface area contributed by atoms with Crippen molar-refractivity contribution in [3.63, 3.8) is 0 Å². The summed E-state index contributed by atoms with van der Waals surface area (Å²) in [5.41, 5.74) is 0. The zero-order valence-electron chi connectivity index (χ0n) is 9.74. The number of hydrogen-bond acceptors (Lipinski definition) is 0. The van der Waals surface area contributed by atoms with E-state index in [0.29, 0.717) is 0 Å². The van der Waals surface area contributed by atoms with Gasteiger partial charge in [0.1, 0.15) is 0 Å². The van der Waals surface area contributed by atoms with Crippen LogP contribution in [0, 0.1) is 0 Å². The van der Waals surface area contributed by atoms with Crippen molar-refractivity contribution in [1.82, 2.24) is 0 Å². The van der Waals surface area contributed by atoms with Crippen molar-refractivity contribution in [2.75, 3.05) is 0 Å². The fraction of sp³-hybridized carbons (Fsp3) is 0. The molecule has 8 heavy (non-hydrogen) atoms. The molecular weight excluding hydrogens is 653 g/mol. The standard InChI is InChI=1S/Ca.Li.Mg.Nb.Ni.Ta.W.Zn.5H/q+2;+1;+2;;;;;;5*-1. The maximum Gasteiger partial charge on any atom is 2.00 e. The van der Waals surface area contributed by atoms with E-state index in [1.165, 1.54) is 0 Å². The summed E-state index contributed by atoms with van der Waals surface area (Å²) in [5.74, 6) is 0. The van der Waals surface area contributed by atoms with Gasteiger partial charge in [-0.2, -0.15) is 0 Å². The first-order chi connectivity index (χ1) is 0. The van der Waals surface area contributed by atoms with Gasteiger partial charge < -0.3 is 7.13 Å². The predicted molar refractivity (Wildman–Crippen MR) is 17.1 cm³/mol. The molecule has 0 saturated carbocycles. The molecule has 38 valence electrons. The average Bonchev–Trinajstić information content (AvgIpc) is 0. The van der Waals surface area contributed by atoms with Gasteiger partial charge in [-0.1, -0.05) is 0 Å². The summed E-state index contributed by atoms with van der Waals surface area (Å²) in [6, 6.07) is 0. The molecule has 0 aliphatic heterocycles. The van der Waals surface area contributed by atoms with Crippen molar-refractivity contribution in [3.05, 3.63) is 0 Å². The summed E-state index contributed by atoms with van der Waals surface area (Å²) in [6.45, 7) is 0. The van der Waals surface area contributed by atoms with Crippen LogP contribution in [0.25, 0.3) is 0 Å². The normalized spacial score (nSPS) is 0. The molecule has 0 aromatic carbocycles. The SMILES string of the molecule is [Ca+2].[H-].[H-].[H-].[H-].[H-].[Li+].[Mg+2].[Nb].[Ni].[Ta].[W].[Zn]. The molecule has 0 heterocycles. The molecule has 8 heteroatoms. The van der Waals surface area contributed by atoms with Crippen LogP contribution in [0.15, 0.2) is 0 Å². The van der Waals surface area contributed by atoms with E-state index in [-0.39, 0.29) is 189 Å². The van der Waals surface area contributed by atoms with Crippen molar-refractivity contribution in [3.8, 4) is 0 Å². The molecule has 0 nitrogen and oxygen atoms in total. The first-order valence-corrected chi connectivity index (χ1v) is 0.